The molecule has 2 aliphatic heterocycles. The molecule has 0 atom stereocenters. The zero-order valence-electron chi connectivity index (χ0n) is 43.4. The van der Waals surface area contributed by atoms with Crippen LogP contribution in [0.1, 0.15) is 146 Å². The van der Waals surface area contributed by atoms with Crippen molar-refractivity contribution in [1.29, 1.82) is 0 Å². The molecule has 0 aromatic heterocycles. The monoisotopic (exact) mass is 1010 g/mol. The van der Waals surface area contributed by atoms with Crippen LogP contribution in [0.3, 0.4) is 0 Å². The van der Waals surface area contributed by atoms with Gasteiger partial charge in [0.15, 0.2) is 0 Å². The second kappa shape index (κ2) is 35.7. The lowest BCUT2D eigenvalue weighted by atomic mass is 10.1. The molecule has 0 bridgehead atoms. The predicted molar refractivity (Wildman–Crippen MR) is 294 cm³/mol. The van der Waals surface area contributed by atoms with E-state index < -0.39 is 0 Å². The van der Waals surface area contributed by atoms with Gasteiger partial charge in [0.1, 0.15) is 17.2 Å². The number of carbonyl (C=O) groups is 4. The number of hydrogen-bond donors (Lipinski definition) is 5. The lowest BCUT2D eigenvalue weighted by Gasteiger charge is -2.14. The molecule has 0 unspecified atom stereocenters. The summed E-state index contributed by atoms with van der Waals surface area (Å²) in [6, 6.07) is 37.3. The maximum Gasteiger partial charge on any atom is 0.261 e. The number of carbonyl (C=O) groups excluding carboxylic acids is 4. The number of ether oxygens (including phenoxy) is 2. The predicted octanol–water partition coefficient (Wildman–Crippen LogP) is 9.62. The highest BCUT2D eigenvalue weighted by atomic mass is 16.5. The summed E-state index contributed by atoms with van der Waals surface area (Å²) in [7, 11) is 0. The standard InChI is InChI=1S/C22H25NO3.C17H15NO3.C14H23NO.C5H12O.CH4.H4N2.H2O/c1-16(2)12-14-26-18-9-5-7-17(15-18)8-6-13-23-21(24)19-10-3-4-11-20(19)22(23)25;19-13-7-3-5-12(11-13)6-4-10-18-16(20)14-8-1-2-9-15(14)17(18)21;1-12(2)8-10-16-14-7-3-5-13(11-14)6-4-9-15;1-5(2)3-4-6;;1-2;/h3-5,7,9-11,15-16H,6,8,12-14H2,1-2H3;1-3,5,7-9,11,19H,4,6,10H2;3,5,7,11-12H,4,6,8-10,15H2,1-2H3;5-6H,3-4H2,1-2H3;1H4;1-2H2;1H2. The van der Waals surface area contributed by atoms with Gasteiger partial charge < -0.3 is 30.9 Å². The van der Waals surface area contributed by atoms with Crippen molar-refractivity contribution in [2.24, 2.45) is 35.2 Å². The van der Waals surface area contributed by atoms with Crippen LogP contribution in [0.25, 0.3) is 0 Å². The topological polar surface area (TPSA) is 243 Å². The van der Waals surface area contributed by atoms with Crippen LogP contribution in [0.4, 0.5) is 0 Å². The summed E-state index contributed by atoms with van der Waals surface area (Å²) < 4.78 is 11.5. The van der Waals surface area contributed by atoms with Gasteiger partial charge in [-0.2, -0.15) is 0 Å². The molecule has 4 amide bonds. The Morgan fingerprint density at radius 1 is 0.493 bits per heavy atom. The Morgan fingerprint density at radius 3 is 1.15 bits per heavy atom. The Balaban J connectivity index is 0.000000514. The third-order valence-electron chi connectivity index (χ3n) is 11.5. The van der Waals surface area contributed by atoms with E-state index in [4.69, 9.17) is 20.3 Å². The van der Waals surface area contributed by atoms with E-state index in [2.05, 4.69) is 77.5 Å². The van der Waals surface area contributed by atoms with E-state index in [-0.39, 0.29) is 42.3 Å². The third-order valence-corrected chi connectivity index (χ3v) is 11.5. The number of hydrogen-bond acceptors (Lipinski definition) is 11. The van der Waals surface area contributed by atoms with E-state index in [1.807, 2.05) is 30.3 Å². The largest absolute Gasteiger partial charge is 0.508 e. The summed E-state index contributed by atoms with van der Waals surface area (Å²) in [6.45, 7) is 16.4. The van der Waals surface area contributed by atoms with Gasteiger partial charge in [-0.1, -0.05) is 110 Å². The summed E-state index contributed by atoms with van der Waals surface area (Å²) in [5.41, 5.74) is 11.0. The first kappa shape index (κ1) is 64.6. The normalized spacial score (nSPS) is 12.0. The number of imide groups is 2. The van der Waals surface area contributed by atoms with Crippen LogP contribution in [-0.2, 0) is 19.3 Å². The number of phenolic OH excluding ortho intramolecular Hbond substituents is 1. The summed E-state index contributed by atoms with van der Waals surface area (Å²) in [4.78, 5) is 51.7. The van der Waals surface area contributed by atoms with E-state index in [0.717, 1.165) is 87.3 Å². The number of phenols is 1. The van der Waals surface area contributed by atoms with Crippen molar-refractivity contribution in [2.45, 2.75) is 107 Å². The molecular weight excluding hydrogens is 923 g/mol. The van der Waals surface area contributed by atoms with Gasteiger partial charge >= 0.3 is 0 Å². The molecule has 0 spiro atoms. The summed E-state index contributed by atoms with van der Waals surface area (Å²) in [5.74, 6) is 11.3. The molecule has 0 radical (unpaired) electrons. The van der Waals surface area contributed by atoms with Crippen molar-refractivity contribution in [3.63, 3.8) is 0 Å². The first-order valence-corrected chi connectivity index (χ1v) is 25.0. The molecule has 0 saturated carbocycles. The number of fused-ring (bicyclic) bond motifs is 2. The molecule has 10 N–H and O–H groups in total. The average Bonchev–Trinajstić information content (AvgIpc) is 3.75. The average molecular weight is 1010 g/mol. The number of hydrazine groups is 1. The molecule has 0 aliphatic carbocycles. The smallest absolute Gasteiger partial charge is 0.261 e. The van der Waals surface area contributed by atoms with Crippen molar-refractivity contribution < 1.29 is 44.3 Å². The number of rotatable bonds is 21. The van der Waals surface area contributed by atoms with Crippen LogP contribution in [0.5, 0.6) is 17.2 Å². The van der Waals surface area contributed by atoms with E-state index in [0.29, 0.717) is 72.5 Å². The Morgan fingerprint density at radius 2 is 0.836 bits per heavy atom. The number of aromatic hydroxyl groups is 1. The third kappa shape index (κ3) is 22.5. The number of nitrogens with two attached hydrogens (primary N) is 3. The molecule has 0 fully saturated rings. The van der Waals surface area contributed by atoms with Crippen LogP contribution in [-0.4, -0.2) is 88.6 Å². The lowest BCUT2D eigenvalue weighted by molar-refractivity contribution is 0.0637. The van der Waals surface area contributed by atoms with Crippen molar-refractivity contribution in [3.8, 4) is 17.2 Å². The number of aryl methyl sites for hydroxylation is 3. The first-order chi connectivity index (χ1) is 34.2. The van der Waals surface area contributed by atoms with Crippen LogP contribution in [0.15, 0.2) is 121 Å². The minimum Gasteiger partial charge on any atom is -0.508 e. The van der Waals surface area contributed by atoms with Crippen molar-refractivity contribution in [2.75, 3.05) is 39.5 Å². The number of benzene rings is 5. The quantitative estimate of drug-likeness (QED) is 0.0263. The van der Waals surface area contributed by atoms with Crippen LogP contribution in [0, 0.1) is 17.8 Å². The highest BCUT2D eigenvalue weighted by Gasteiger charge is 2.35. The fraction of sp³-hybridized carbons (Fsp3) is 0.424. The molecule has 0 saturated heterocycles. The zero-order chi connectivity index (χ0) is 52.1. The fourth-order valence-corrected chi connectivity index (χ4v) is 7.45. The van der Waals surface area contributed by atoms with Crippen LogP contribution >= 0.6 is 0 Å². The molecule has 7 rings (SSSR count). The minimum atomic E-state index is -0.216. The fourth-order valence-electron chi connectivity index (χ4n) is 7.45. The van der Waals surface area contributed by atoms with E-state index >= 15 is 0 Å². The first-order valence-electron chi connectivity index (χ1n) is 25.0. The second-order valence-electron chi connectivity index (χ2n) is 18.6. The van der Waals surface area contributed by atoms with Crippen LogP contribution in [0.2, 0.25) is 0 Å². The Bertz CT molecular complexity index is 2320. The minimum absolute atomic E-state index is 0. The molecule has 2 heterocycles. The number of nitrogens with zero attached hydrogens (tertiary/aromatic N) is 2. The maximum atomic E-state index is 12.4. The van der Waals surface area contributed by atoms with E-state index in [1.54, 1.807) is 66.7 Å². The van der Waals surface area contributed by atoms with Crippen molar-refractivity contribution in [3.05, 3.63) is 160 Å². The van der Waals surface area contributed by atoms with E-state index in [1.165, 1.54) is 15.4 Å². The van der Waals surface area contributed by atoms with Gasteiger partial charge in [-0.3, -0.25) is 40.7 Å². The highest BCUT2D eigenvalue weighted by Crippen LogP contribution is 2.25. The number of amides is 4. The molecule has 400 valence electrons. The Hall–Kier alpha value is -6.42. The number of aliphatic hydroxyl groups excluding tert-OH is 1. The molecule has 5 aromatic carbocycles. The number of aliphatic hydroxyl groups is 1. The second-order valence-corrected chi connectivity index (χ2v) is 18.6. The molecule has 73 heavy (non-hydrogen) atoms. The molecular formula is C59H85N5O9. The van der Waals surface area contributed by atoms with Gasteiger partial charge in [-0.15, -0.1) is 0 Å². The highest BCUT2D eigenvalue weighted by molar-refractivity contribution is 6.22. The summed E-state index contributed by atoms with van der Waals surface area (Å²) in [6.07, 6.45) is 8.07. The lowest BCUT2D eigenvalue weighted by Crippen LogP contribution is -2.30. The summed E-state index contributed by atoms with van der Waals surface area (Å²) in [5, 5.41) is 17.6. The molecule has 2 aliphatic rings. The van der Waals surface area contributed by atoms with Crippen molar-refractivity contribution in [1.82, 2.24) is 9.80 Å². The molecule has 5 aromatic rings. The van der Waals surface area contributed by atoms with Gasteiger partial charge in [0, 0.05) is 19.7 Å². The molecule has 14 nitrogen and oxygen atoms in total. The van der Waals surface area contributed by atoms with Gasteiger partial charge in [0.2, 0.25) is 0 Å². The Labute approximate surface area is 435 Å². The Kier molecular flexibility index (Phi) is 31.6. The van der Waals surface area contributed by atoms with Gasteiger partial charge in [-0.25, -0.2) is 0 Å². The maximum absolute atomic E-state index is 12.4. The van der Waals surface area contributed by atoms with Gasteiger partial charge in [0.05, 0.1) is 35.5 Å². The summed E-state index contributed by atoms with van der Waals surface area (Å²) >= 11 is 0. The van der Waals surface area contributed by atoms with E-state index in [9.17, 15) is 24.3 Å². The molecule has 14 heteroatoms. The van der Waals surface area contributed by atoms with Crippen molar-refractivity contribution >= 4 is 23.6 Å². The SMILES string of the molecule is C.CC(C)CCO.CC(C)CCOc1cccc(CCCN)c1.CC(C)CCOc1cccc(CCCN2C(=O)c3ccccc3C2=O)c1.NN.O.O=C1c2ccccc2C(=O)N1CCCc1cccc(O)c1. The zero-order valence-corrected chi connectivity index (χ0v) is 43.4. The van der Waals surface area contributed by atoms with Gasteiger partial charge in [-0.05, 0) is 159 Å². The van der Waals surface area contributed by atoms with Crippen LogP contribution < -0.4 is 26.9 Å². The van der Waals surface area contributed by atoms with Gasteiger partial charge in [0.25, 0.3) is 23.6 Å².